The molecule has 0 spiro atoms. The van der Waals surface area contributed by atoms with Crippen LogP contribution >= 0.6 is 0 Å². The van der Waals surface area contributed by atoms with E-state index in [4.69, 9.17) is 4.42 Å². The smallest absolute Gasteiger partial charge is 0.315 e. The van der Waals surface area contributed by atoms with Crippen LogP contribution in [0.2, 0.25) is 6.82 Å². The molecule has 0 fully saturated rings. The number of hydrazine groups is 1. The Kier molecular flexibility index (Phi) is 2.80. The minimum absolute atomic E-state index is 0.238. The highest BCUT2D eigenvalue weighted by atomic mass is 16.3. The molecule has 2 aliphatic heterocycles. The van der Waals surface area contributed by atoms with E-state index >= 15 is 0 Å². The zero-order valence-electron chi connectivity index (χ0n) is 13.4. The van der Waals surface area contributed by atoms with Crippen molar-refractivity contribution >= 4 is 29.4 Å². The van der Waals surface area contributed by atoms with Gasteiger partial charge in [0.25, 0.3) is 0 Å². The lowest BCUT2D eigenvalue weighted by Gasteiger charge is -2.43. The SMILES string of the molecule is CB1c2c(oc3ccccc23)C=C(C)N1N1C=CN(C)[C@@H]1C. The van der Waals surface area contributed by atoms with Crippen molar-refractivity contribution in [2.24, 2.45) is 0 Å². The van der Waals surface area contributed by atoms with E-state index in [1.807, 2.05) is 12.1 Å². The Morgan fingerprint density at radius 1 is 1.18 bits per heavy atom. The molecule has 3 heterocycles. The maximum absolute atomic E-state index is 6.04. The number of benzene rings is 1. The quantitative estimate of drug-likeness (QED) is 0.754. The van der Waals surface area contributed by atoms with E-state index in [1.54, 1.807) is 0 Å². The number of hydrogen-bond acceptors (Lipinski definition) is 4. The molecule has 112 valence electrons. The van der Waals surface area contributed by atoms with Crippen molar-refractivity contribution in [3.8, 4) is 0 Å². The van der Waals surface area contributed by atoms with Gasteiger partial charge in [0.1, 0.15) is 17.5 Å². The van der Waals surface area contributed by atoms with Crippen LogP contribution in [0.5, 0.6) is 0 Å². The normalized spacial score (nSPS) is 20.9. The van der Waals surface area contributed by atoms with Gasteiger partial charge in [-0.2, -0.15) is 0 Å². The van der Waals surface area contributed by atoms with Crippen LogP contribution in [0.25, 0.3) is 17.0 Å². The third kappa shape index (κ3) is 1.71. The van der Waals surface area contributed by atoms with Crippen molar-refractivity contribution in [1.82, 2.24) is 14.8 Å². The monoisotopic (exact) mass is 293 g/mol. The minimum Gasteiger partial charge on any atom is -0.457 e. The van der Waals surface area contributed by atoms with E-state index in [1.165, 1.54) is 16.5 Å². The Hall–Kier alpha value is -2.30. The van der Waals surface area contributed by atoms with Gasteiger partial charge in [-0.25, -0.2) is 0 Å². The Morgan fingerprint density at radius 3 is 2.68 bits per heavy atom. The fraction of sp³-hybridized carbons (Fsp3) is 0.294. The number of furan rings is 1. The zero-order chi connectivity index (χ0) is 15.4. The van der Waals surface area contributed by atoms with Crippen molar-refractivity contribution in [2.45, 2.75) is 26.8 Å². The highest BCUT2D eigenvalue weighted by Crippen LogP contribution is 2.29. The summed E-state index contributed by atoms with van der Waals surface area (Å²) < 4.78 is 6.04. The number of fused-ring (bicyclic) bond motifs is 3. The predicted octanol–water partition coefficient (Wildman–Crippen LogP) is 2.92. The summed E-state index contributed by atoms with van der Waals surface area (Å²) in [6.45, 7) is 6.84. The van der Waals surface area contributed by atoms with Gasteiger partial charge in [-0.15, -0.1) is 0 Å². The largest absolute Gasteiger partial charge is 0.457 e. The third-order valence-electron chi connectivity index (χ3n) is 4.82. The molecule has 0 saturated carbocycles. The molecule has 0 bridgehead atoms. The Bertz CT molecular complexity index is 794. The van der Waals surface area contributed by atoms with Gasteiger partial charge < -0.3 is 14.2 Å². The molecule has 1 atom stereocenters. The molecule has 22 heavy (non-hydrogen) atoms. The summed E-state index contributed by atoms with van der Waals surface area (Å²) in [7, 11) is 2.10. The summed E-state index contributed by atoms with van der Waals surface area (Å²) in [6.07, 6.45) is 6.72. The highest BCUT2D eigenvalue weighted by Gasteiger charge is 2.37. The van der Waals surface area contributed by atoms with Gasteiger partial charge in [0.05, 0.1) is 0 Å². The fourth-order valence-corrected chi connectivity index (χ4v) is 3.55. The molecule has 0 saturated heterocycles. The molecular formula is C17H20BN3O. The standard InChI is InChI=1S/C17H20BN3O/c1-12-11-16-17(14-7-5-6-8-15(14)22-16)18(3)21(12)20-10-9-19(4)13(20)2/h5-11,13H,1-4H3/t13-/m0/s1. The second-order valence-corrected chi connectivity index (χ2v) is 6.16. The number of nitrogens with zero attached hydrogens (tertiary/aromatic N) is 3. The van der Waals surface area contributed by atoms with Crippen LogP contribution in [-0.2, 0) is 0 Å². The number of para-hydroxylation sites is 1. The van der Waals surface area contributed by atoms with Crippen LogP contribution in [0.4, 0.5) is 0 Å². The van der Waals surface area contributed by atoms with Gasteiger partial charge in [0.15, 0.2) is 0 Å². The van der Waals surface area contributed by atoms with Gasteiger partial charge in [0.2, 0.25) is 0 Å². The third-order valence-corrected chi connectivity index (χ3v) is 4.82. The van der Waals surface area contributed by atoms with Crippen LogP contribution in [-0.4, -0.2) is 34.9 Å². The summed E-state index contributed by atoms with van der Waals surface area (Å²) in [5, 5.41) is 3.50. The molecule has 2 aliphatic rings. The highest BCUT2D eigenvalue weighted by molar-refractivity contribution is 6.73. The maximum atomic E-state index is 6.04. The summed E-state index contributed by atoms with van der Waals surface area (Å²) >= 11 is 0. The number of rotatable bonds is 1. The molecule has 0 unspecified atom stereocenters. The van der Waals surface area contributed by atoms with Crippen LogP contribution in [0, 0.1) is 0 Å². The van der Waals surface area contributed by atoms with Crippen LogP contribution in [0.1, 0.15) is 19.6 Å². The Balaban J connectivity index is 1.83. The first-order valence-electron chi connectivity index (χ1n) is 7.75. The Morgan fingerprint density at radius 2 is 1.95 bits per heavy atom. The lowest BCUT2D eigenvalue weighted by Crippen LogP contribution is -2.57. The van der Waals surface area contributed by atoms with Crippen LogP contribution in [0.3, 0.4) is 0 Å². The van der Waals surface area contributed by atoms with Crippen molar-refractivity contribution in [3.05, 3.63) is 48.1 Å². The summed E-state index contributed by atoms with van der Waals surface area (Å²) in [5.41, 5.74) is 3.44. The first-order chi connectivity index (χ1) is 10.6. The lowest BCUT2D eigenvalue weighted by molar-refractivity contribution is 0.0635. The van der Waals surface area contributed by atoms with E-state index in [0.29, 0.717) is 6.17 Å². The average Bonchev–Trinajstić information content (AvgIpc) is 3.01. The van der Waals surface area contributed by atoms with Gasteiger partial charge in [-0.1, -0.05) is 25.0 Å². The lowest BCUT2D eigenvalue weighted by atomic mass is 9.55. The number of hydrogen-bond donors (Lipinski definition) is 0. The van der Waals surface area contributed by atoms with Crippen LogP contribution in [0.15, 0.2) is 46.8 Å². The van der Waals surface area contributed by atoms with Gasteiger partial charge in [0, 0.05) is 30.5 Å². The molecule has 4 nitrogen and oxygen atoms in total. The van der Waals surface area contributed by atoms with E-state index < -0.39 is 0 Å². The molecule has 4 rings (SSSR count). The minimum atomic E-state index is 0.238. The molecule has 1 aromatic heterocycles. The topological polar surface area (TPSA) is 22.9 Å². The molecule has 5 heteroatoms. The van der Waals surface area contributed by atoms with Crippen molar-refractivity contribution in [1.29, 1.82) is 0 Å². The second kappa shape index (κ2) is 4.60. The zero-order valence-corrected chi connectivity index (χ0v) is 13.4. The summed E-state index contributed by atoms with van der Waals surface area (Å²) in [4.78, 5) is 4.57. The second-order valence-electron chi connectivity index (χ2n) is 6.16. The van der Waals surface area contributed by atoms with E-state index in [9.17, 15) is 0 Å². The predicted molar refractivity (Wildman–Crippen MR) is 91.2 cm³/mol. The van der Waals surface area contributed by atoms with E-state index in [2.05, 4.69) is 73.2 Å². The van der Waals surface area contributed by atoms with Gasteiger partial charge in [-0.3, -0.25) is 5.01 Å². The maximum Gasteiger partial charge on any atom is 0.315 e. The summed E-state index contributed by atoms with van der Waals surface area (Å²) in [6, 6.07) is 8.29. The van der Waals surface area contributed by atoms with Crippen molar-refractivity contribution < 1.29 is 4.42 Å². The molecular weight excluding hydrogens is 273 g/mol. The molecule has 0 amide bonds. The molecule has 2 aromatic rings. The van der Waals surface area contributed by atoms with E-state index in [0.717, 1.165) is 11.3 Å². The van der Waals surface area contributed by atoms with Gasteiger partial charge in [-0.05, 0) is 31.5 Å². The van der Waals surface area contributed by atoms with Crippen molar-refractivity contribution in [3.63, 3.8) is 0 Å². The first-order valence-corrected chi connectivity index (χ1v) is 7.75. The van der Waals surface area contributed by atoms with Crippen molar-refractivity contribution in [2.75, 3.05) is 7.05 Å². The van der Waals surface area contributed by atoms with Gasteiger partial charge >= 0.3 is 6.85 Å². The first kappa shape index (κ1) is 13.4. The molecule has 0 N–H and O–H groups in total. The number of allylic oxidation sites excluding steroid dienone is 1. The van der Waals surface area contributed by atoms with E-state index in [-0.39, 0.29) is 6.85 Å². The van der Waals surface area contributed by atoms with Crippen LogP contribution < -0.4 is 5.46 Å². The molecule has 1 aromatic carbocycles. The molecule has 0 aliphatic carbocycles. The fourth-order valence-electron chi connectivity index (χ4n) is 3.55. The average molecular weight is 293 g/mol. The Labute approximate surface area is 131 Å². The summed E-state index contributed by atoms with van der Waals surface area (Å²) in [5.74, 6) is 0.992. The molecule has 0 radical (unpaired) electrons.